The van der Waals surface area contributed by atoms with Crippen molar-refractivity contribution in [1.82, 2.24) is 0 Å². The van der Waals surface area contributed by atoms with Crippen LogP contribution in [0, 0.1) is 0 Å². The third-order valence-corrected chi connectivity index (χ3v) is 2.79. The van der Waals surface area contributed by atoms with E-state index in [0.29, 0.717) is 11.3 Å². The first kappa shape index (κ1) is 13.9. The van der Waals surface area contributed by atoms with E-state index in [1.54, 1.807) is 0 Å². The first-order valence-electron chi connectivity index (χ1n) is 4.72. The number of benzene rings is 1. The van der Waals surface area contributed by atoms with Crippen LogP contribution in [-0.2, 0) is 5.88 Å². The molecule has 17 heavy (non-hydrogen) atoms. The average Bonchev–Trinajstić information content (AvgIpc) is 2.36. The molecule has 0 amide bonds. The van der Waals surface area contributed by atoms with Crippen molar-refractivity contribution in [2.45, 2.75) is 5.88 Å². The van der Waals surface area contributed by atoms with Gasteiger partial charge in [-0.3, -0.25) is 4.79 Å². The largest absolute Gasteiger partial charge is 0.504 e. The van der Waals surface area contributed by atoms with Crippen LogP contribution in [0.1, 0.15) is 15.9 Å². The van der Waals surface area contributed by atoms with Gasteiger partial charge in [0.2, 0.25) is 5.75 Å². The lowest BCUT2D eigenvalue weighted by molar-refractivity contribution is 0.101. The van der Waals surface area contributed by atoms with Crippen LogP contribution in [0.4, 0.5) is 0 Å². The molecule has 0 saturated heterocycles. The molecule has 6 heteroatoms. The first-order chi connectivity index (χ1) is 8.10. The van der Waals surface area contributed by atoms with Crippen LogP contribution in [0.5, 0.6) is 17.2 Å². The predicted octanol–water partition coefficient (Wildman–Crippen LogP) is 2.57. The number of methoxy groups -OCH3 is 2. The molecular weight excluding hydrogens is 267 g/mol. The van der Waals surface area contributed by atoms with E-state index in [2.05, 4.69) is 0 Å². The highest BCUT2D eigenvalue weighted by Gasteiger charge is 2.22. The van der Waals surface area contributed by atoms with Crippen molar-refractivity contribution >= 4 is 29.0 Å². The number of alkyl halides is 2. The standard InChI is InChI=1S/C11H12Cl2O4/c1-16-10-6(4-12)3-7(8(14)5-13)9(15)11(10)17-2/h3,15H,4-5H2,1-2H3. The third kappa shape index (κ3) is 2.58. The molecule has 1 rings (SSSR count). The summed E-state index contributed by atoms with van der Waals surface area (Å²) in [6, 6.07) is 1.45. The SMILES string of the molecule is COc1c(CCl)cc(C(=O)CCl)c(O)c1OC. The smallest absolute Gasteiger partial charge is 0.204 e. The van der Waals surface area contributed by atoms with Crippen LogP contribution in [0.3, 0.4) is 0 Å². The third-order valence-electron chi connectivity index (χ3n) is 2.26. The Kier molecular flexibility index (Phi) is 4.90. The maximum Gasteiger partial charge on any atom is 0.204 e. The van der Waals surface area contributed by atoms with Gasteiger partial charge in [-0.2, -0.15) is 0 Å². The van der Waals surface area contributed by atoms with Crippen molar-refractivity contribution < 1.29 is 19.4 Å². The number of aromatic hydroxyl groups is 1. The lowest BCUT2D eigenvalue weighted by atomic mass is 10.1. The average molecular weight is 279 g/mol. The molecule has 0 saturated carbocycles. The van der Waals surface area contributed by atoms with Gasteiger partial charge >= 0.3 is 0 Å². The summed E-state index contributed by atoms with van der Waals surface area (Å²) in [5.74, 6) is -0.404. The number of rotatable bonds is 5. The number of ketones is 1. The minimum Gasteiger partial charge on any atom is -0.504 e. The normalized spacial score (nSPS) is 10.1. The van der Waals surface area contributed by atoms with Crippen molar-refractivity contribution in [2.75, 3.05) is 20.1 Å². The Labute approximate surface area is 109 Å². The predicted molar refractivity (Wildman–Crippen MR) is 65.8 cm³/mol. The molecule has 0 aliphatic carbocycles. The summed E-state index contributed by atoms with van der Waals surface area (Å²) in [6.07, 6.45) is 0. The summed E-state index contributed by atoms with van der Waals surface area (Å²) in [5, 5.41) is 9.89. The molecule has 0 aliphatic heterocycles. The number of phenolic OH excluding ortho intramolecular Hbond substituents is 1. The van der Waals surface area contributed by atoms with Gasteiger partial charge in [0.05, 0.1) is 31.5 Å². The second-order valence-corrected chi connectivity index (χ2v) is 3.72. The summed E-state index contributed by atoms with van der Waals surface area (Å²) in [6.45, 7) is 0. The Morgan fingerprint density at radius 3 is 2.29 bits per heavy atom. The highest BCUT2D eigenvalue weighted by molar-refractivity contribution is 6.31. The second kappa shape index (κ2) is 5.98. The van der Waals surface area contributed by atoms with E-state index in [-0.39, 0.29) is 28.8 Å². The number of carbonyl (C=O) groups excluding carboxylic acids is 1. The van der Waals surface area contributed by atoms with Gasteiger partial charge in [0.25, 0.3) is 0 Å². The van der Waals surface area contributed by atoms with E-state index >= 15 is 0 Å². The Morgan fingerprint density at radius 1 is 1.29 bits per heavy atom. The van der Waals surface area contributed by atoms with E-state index in [1.165, 1.54) is 20.3 Å². The summed E-state index contributed by atoms with van der Waals surface area (Å²) >= 11 is 11.2. The molecule has 94 valence electrons. The lowest BCUT2D eigenvalue weighted by Crippen LogP contribution is -2.05. The van der Waals surface area contributed by atoms with E-state index in [9.17, 15) is 9.90 Å². The summed E-state index contributed by atoms with van der Waals surface area (Å²) in [5.41, 5.74) is 0.630. The van der Waals surface area contributed by atoms with Gasteiger partial charge in [-0.1, -0.05) is 0 Å². The number of carbonyl (C=O) groups is 1. The number of halogens is 2. The maximum atomic E-state index is 11.5. The first-order valence-corrected chi connectivity index (χ1v) is 5.79. The fourth-order valence-corrected chi connectivity index (χ4v) is 1.82. The molecule has 0 fully saturated rings. The zero-order valence-electron chi connectivity index (χ0n) is 9.42. The molecule has 4 nitrogen and oxygen atoms in total. The Balaban J connectivity index is 3.50. The van der Waals surface area contributed by atoms with E-state index in [0.717, 1.165) is 0 Å². The monoisotopic (exact) mass is 278 g/mol. The zero-order valence-corrected chi connectivity index (χ0v) is 10.9. The van der Waals surface area contributed by atoms with Gasteiger partial charge in [-0.25, -0.2) is 0 Å². The van der Waals surface area contributed by atoms with Gasteiger partial charge in [0, 0.05) is 5.56 Å². The molecule has 0 aliphatic rings. The van der Waals surface area contributed by atoms with Crippen LogP contribution in [0.2, 0.25) is 0 Å². The molecule has 0 aromatic heterocycles. The highest BCUT2D eigenvalue weighted by Crippen LogP contribution is 2.42. The molecule has 0 unspecified atom stereocenters. The van der Waals surface area contributed by atoms with Crippen LogP contribution < -0.4 is 9.47 Å². The minimum absolute atomic E-state index is 0.0771. The molecule has 0 heterocycles. The van der Waals surface area contributed by atoms with Gasteiger partial charge < -0.3 is 14.6 Å². The maximum absolute atomic E-state index is 11.5. The van der Waals surface area contributed by atoms with Crippen LogP contribution >= 0.6 is 23.2 Å². The Bertz CT molecular complexity index is 432. The van der Waals surface area contributed by atoms with Gasteiger partial charge in [-0.05, 0) is 6.07 Å². The van der Waals surface area contributed by atoms with Crippen molar-refractivity contribution in [1.29, 1.82) is 0 Å². The van der Waals surface area contributed by atoms with Gasteiger partial charge in [-0.15, -0.1) is 23.2 Å². The van der Waals surface area contributed by atoms with E-state index in [4.69, 9.17) is 32.7 Å². The quantitative estimate of drug-likeness (QED) is 0.664. The molecule has 1 N–H and O–H groups in total. The number of hydrogen-bond donors (Lipinski definition) is 1. The van der Waals surface area contributed by atoms with Crippen LogP contribution in [0.15, 0.2) is 6.07 Å². The van der Waals surface area contributed by atoms with Crippen molar-refractivity contribution in [3.05, 3.63) is 17.2 Å². The Hall–Kier alpha value is -1.13. The molecule has 0 bridgehead atoms. The second-order valence-electron chi connectivity index (χ2n) is 3.19. The number of ether oxygens (including phenoxy) is 2. The summed E-state index contributed by atoms with van der Waals surface area (Å²) < 4.78 is 10.1. The van der Waals surface area contributed by atoms with Gasteiger partial charge in [0.1, 0.15) is 0 Å². The highest BCUT2D eigenvalue weighted by atomic mass is 35.5. The summed E-state index contributed by atoms with van der Waals surface area (Å²) in [7, 11) is 2.79. The van der Waals surface area contributed by atoms with E-state index < -0.39 is 5.78 Å². The van der Waals surface area contributed by atoms with Gasteiger partial charge in [0.15, 0.2) is 17.3 Å². The number of hydrogen-bond acceptors (Lipinski definition) is 4. The van der Waals surface area contributed by atoms with E-state index in [1.807, 2.05) is 0 Å². The summed E-state index contributed by atoms with van der Waals surface area (Å²) in [4.78, 5) is 11.5. The molecule has 0 atom stereocenters. The molecule has 1 aromatic rings. The molecule has 1 aromatic carbocycles. The van der Waals surface area contributed by atoms with Crippen molar-refractivity contribution in [3.63, 3.8) is 0 Å². The van der Waals surface area contributed by atoms with Crippen LogP contribution in [-0.4, -0.2) is 31.0 Å². The molecule has 0 spiro atoms. The van der Waals surface area contributed by atoms with Crippen LogP contribution in [0.25, 0.3) is 0 Å². The topological polar surface area (TPSA) is 55.8 Å². The number of phenols is 1. The van der Waals surface area contributed by atoms with Crippen molar-refractivity contribution in [3.8, 4) is 17.2 Å². The minimum atomic E-state index is -0.406. The fraction of sp³-hybridized carbons (Fsp3) is 0.364. The fourth-order valence-electron chi connectivity index (χ4n) is 1.48. The number of Topliss-reactive ketones (excluding diaryl/α,β-unsaturated/α-hetero) is 1. The Morgan fingerprint density at radius 2 is 1.88 bits per heavy atom. The lowest BCUT2D eigenvalue weighted by Gasteiger charge is -2.15. The zero-order chi connectivity index (χ0) is 13.0. The molecule has 0 radical (unpaired) electrons. The van der Waals surface area contributed by atoms with Crippen molar-refractivity contribution in [2.24, 2.45) is 0 Å². The molecular formula is C11H12Cl2O4.